The molecule has 0 bridgehead atoms. The van der Waals surface area contributed by atoms with Crippen molar-refractivity contribution in [3.63, 3.8) is 0 Å². The van der Waals surface area contributed by atoms with Crippen LogP contribution in [0.5, 0.6) is 0 Å². The lowest BCUT2D eigenvalue weighted by molar-refractivity contribution is 0.261. The number of hydrogen-bond donors (Lipinski definition) is 1. The van der Waals surface area contributed by atoms with E-state index in [0.717, 1.165) is 30.2 Å². The van der Waals surface area contributed by atoms with Crippen molar-refractivity contribution in [1.82, 2.24) is 4.31 Å². The molecule has 4 nitrogen and oxygen atoms in total. The molecule has 1 aliphatic carbocycles. The van der Waals surface area contributed by atoms with Crippen molar-refractivity contribution in [3.8, 4) is 0 Å². The maximum absolute atomic E-state index is 12.8. The smallest absolute Gasteiger partial charge is 0.243 e. The molecule has 0 atom stereocenters. The Morgan fingerprint density at radius 1 is 1.30 bits per heavy atom. The van der Waals surface area contributed by atoms with Gasteiger partial charge in [-0.2, -0.15) is 4.31 Å². The van der Waals surface area contributed by atoms with Crippen LogP contribution >= 0.6 is 15.9 Å². The molecule has 6 heteroatoms. The van der Waals surface area contributed by atoms with Crippen LogP contribution in [0.15, 0.2) is 27.6 Å². The number of benzene rings is 1. The zero-order valence-electron chi connectivity index (χ0n) is 11.7. The zero-order chi connectivity index (χ0) is 14.8. The number of nitrogen functional groups attached to an aromatic ring is 1. The summed E-state index contributed by atoms with van der Waals surface area (Å²) in [6.45, 7) is 2.40. The van der Waals surface area contributed by atoms with Gasteiger partial charge in [-0.3, -0.25) is 0 Å². The number of anilines is 1. The lowest BCUT2D eigenvalue weighted by Crippen LogP contribution is -2.41. The average Bonchev–Trinajstić information content (AvgIpc) is 2.43. The SMILES string of the molecule is CCN(C1CCCCC1)S(=O)(=O)c1ccc(Br)c(N)c1. The van der Waals surface area contributed by atoms with Crippen LogP contribution in [0.2, 0.25) is 0 Å². The Hall–Kier alpha value is -0.590. The summed E-state index contributed by atoms with van der Waals surface area (Å²) in [6.07, 6.45) is 5.34. The Kier molecular flexibility index (Phi) is 5.09. The topological polar surface area (TPSA) is 63.4 Å². The van der Waals surface area contributed by atoms with Gasteiger partial charge in [-0.1, -0.05) is 26.2 Å². The van der Waals surface area contributed by atoms with Crippen LogP contribution in [0.1, 0.15) is 39.0 Å². The highest BCUT2D eigenvalue weighted by Gasteiger charge is 2.31. The third-order valence-corrected chi connectivity index (χ3v) is 6.61. The molecule has 0 aliphatic heterocycles. The highest BCUT2D eigenvalue weighted by molar-refractivity contribution is 9.10. The van der Waals surface area contributed by atoms with E-state index in [1.165, 1.54) is 12.5 Å². The predicted octanol–water partition coefficient (Wildman–Crippen LogP) is 3.37. The lowest BCUT2D eigenvalue weighted by atomic mass is 9.95. The number of nitrogens with two attached hydrogens (primary N) is 1. The highest BCUT2D eigenvalue weighted by atomic mass is 79.9. The first-order chi connectivity index (χ1) is 9.46. The number of nitrogens with zero attached hydrogens (tertiary/aromatic N) is 1. The Labute approximate surface area is 129 Å². The number of halogens is 1. The van der Waals surface area contributed by atoms with Gasteiger partial charge in [0.25, 0.3) is 0 Å². The van der Waals surface area contributed by atoms with Gasteiger partial charge in [-0.15, -0.1) is 0 Å². The first kappa shape index (κ1) is 15.8. The molecule has 0 saturated heterocycles. The lowest BCUT2D eigenvalue weighted by Gasteiger charge is -2.32. The molecule has 1 saturated carbocycles. The van der Waals surface area contributed by atoms with Crippen LogP contribution in [-0.2, 0) is 10.0 Å². The van der Waals surface area contributed by atoms with E-state index in [1.807, 2.05) is 6.92 Å². The molecule has 2 N–H and O–H groups in total. The number of rotatable bonds is 4. The molecule has 0 amide bonds. The first-order valence-electron chi connectivity index (χ1n) is 7.03. The fraction of sp³-hybridized carbons (Fsp3) is 0.571. The predicted molar refractivity (Wildman–Crippen MR) is 85.0 cm³/mol. The van der Waals surface area contributed by atoms with Crippen LogP contribution in [-0.4, -0.2) is 25.3 Å². The molecule has 112 valence electrons. The van der Waals surface area contributed by atoms with Gasteiger partial charge >= 0.3 is 0 Å². The minimum absolute atomic E-state index is 0.128. The Balaban J connectivity index is 2.32. The van der Waals surface area contributed by atoms with Gasteiger partial charge in [0.1, 0.15) is 0 Å². The van der Waals surface area contributed by atoms with E-state index in [9.17, 15) is 8.42 Å². The van der Waals surface area contributed by atoms with E-state index < -0.39 is 10.0 Å². The summed E-state index contributed by atoms with van der Waals surface area (Å²) in [5.74, 6) is 0. The molecule has 0 spiro atoms. The molecule has 20 heavy (non-hydrogen) atoms. The summed E-state index contributed by atoms with van der Waals surface area (Å²) < 4.78 is 27.9. The van der Waals surface area contributed by atoms with E-state index in [0.29, 0.717) is 12.2 Å². The quantitative estimate of drug-likeness (QED) is 0.837. The molecule has 2 rings (SSSR count). The van der Waals surface area contributed by atoms with E-state index in [4.69, 9.17) is 5.73 Å². The van der Waals surface area contributed by atoms with Crippen LogP contribution in [0.25, 0.3) is 0 Å². The normalized spacial score (nSPS) is 17.6. The minimum atomic E-state index is -3.46. The van der Waals surface area contributed by atoms with Gasteiger partial charge in [0.15, 0.2) is 0 Å². The maximum atomic E-state index is 12.8. The van der Waals surface area contributed by atoms with E-state index in [-0.39, 0.29) is 10.9 Å². The van der Waals surface area contributed by atoms with Crippen LogP contribution in [0.3, 0.4) is 0 Å². The maximum Gasteiger partial charge on any atom is 0.243 e. The average molecular weight is 361 g/mol. The fourth-order valence-electron chi connectivity index (χ4n) is 2.81. The monoisotopic (exact) mass is 360 g/mol. The zero-order valence-corrected chi connectivity index (χ0v) is 14.1. The van der Waals surface area contributed by atoms with Gasteiger partial charge in [0.05, 0.1) is 4.90 Å². The van der Waals surface area contributed by atoms with Gasteiger partial charge < -0.3 is 5.73 Å². The molecule has 0 radical (unpaired) electrons. The molecular formula is C14H21BrN2O2S. The third kappa shape index (κ3) is 3.18. The molecule has 1 fully saturated rings. The molecular weight excluding hydrogens is 340 g/mol. The van der Waals surface area contributed by atoms with Crippen molar-refractivity contribution in [1.29, 1.82) is 0 Å². The van der Waals surface area contributed by atoms with Crippen molar-refractivity contribution in [2.75, 3.05) is 12.3 Å². The van der Waals surface area contributed by atoms with Crippen molar-refractivity contribution in [2.45, 2.75) is 50.0 Å². The van der Waals surface area contributed by atoms with Gasteiger partial charge in [-0.25, -0.2) is 8.42 Å². The molecule has 1 aliphatic rings. The second kappa shape index (κ2) is 6.45. The molecule has 1 aromatic rings. The van der Waals surface area contributed by atoms with E-state index in [2.05, 4.69) is 15.9 Å². The number of hydrogen-bond acceptors (Lipinski definition) is 3. The second-order valence-corrected chi connectivity index (χ2v) is 7.93. The number of sulfonamides is 1. The van der Waals surface area contributed by atoms with Crippen molar-refractivity contribution in [2.24, 2.45) is 0 Å². The standard InChI is InChI=1S/C14H21BrN2O2S/c1-2-17(11-6-4-3-5-7-11)20(18,19)12-8-9-13(15)14(16)10-12/h8-11H,2-7,16H2,1H3. The Morgan fingerprint density at radius 2 is 1.95 bits per heavy atom. The minimum Gasteiger partial charge on any atom is -0.398 e. The first-order valence-corrected chi connectivity index (χ1v) is 9.27. The second-order valence-electron chi connectivity index (χ2n) is 5.18. The van der Waals surface area contributed by atoms with Crippen LogP contribution < -0.4 is 5.73 Å². The Morgan fingerprint density at radius 3 is 2.50 bits per heavy atom. The molecule has 0 aromatic heterocycles. The summed E-state index contributed by atoms with van der Waals surface area (Å²) in [6, 6.07) is 4.96. The van der Waals surface area contributed by atoms with Gasteiger partial charge in [0, 0.05) is 22.7 Å². The summed E-state index contributed by atoms with van der Waals surface area (Å²) in [7, 11) is -3.46. The van der Waals surface area contributed by atoms with Gasteiger partial charge in [0.2, 0.25) is 10.0 Å². The third-order valence-electron chi connectivity index (χ3n) is 3.87. The van der Waals surface area contributed by atoms with E-state index in [1.54, 1.807) is 16.4 Å². The van der Waals surface area contributed by atoms with Crippen LogP contribution in [0, 0.1) is 0 Å². The van der Waals surface area contributed by atoms with Gasteiger partial charge in [-0.05, 0) is 47.0 Å². The summed E-state index contributed by atoms with van der Waals surface area (Å²) in [5, 5.41) is 0. The van der Waals surface area contributed by atoms with Crippen LogP contribution in [0.4, 0.5) is 5.69 Å². The van der Waals surface area contributed by atoms with E-state index >= 15 is 0 Å². The summed E-state index contributed by atoms with van der Waals surface area (Å²) in [4.78, 5) is 0.283. The largest absolute Gasteiger partial charge is 0.398 e. The summed E-state index contributed by atoms with van der Waals surface area (Å²) in [5.41, 5.74) is 6.26. The van der Waals surface area contributed by atoms with Crippen molar-refractivity contribution < 1.29 is 8.42 Å². The molecule has 0 unspecified atom stereocenters. The van der Waals surface area contributed by atoms with Crippen molar-refractivity contribution in [3.05, 3.63) is 22.7 Å². The fourth-order valence-corrected chi connectivity index (χ4v) is 4.79. The molecule has 1 aromatic carbocycles. The molecule has 0 heterocycles. The summed E-state index contributed by atoms with van der Waals surface area (Å²) >= 11 is 3.29. The van der Waals surface area contributed by atoms with Crippen molar-refractivity contribution >= 4 is 31.6 Å². The Bertz CT molecular complexity index is 569. The highest BCUT2D eigenvalue weighted by Crippen LogP contribution is 2.29.